The van der Waals surface area contributed by atoms with Gasteiger partial charge in [0.1, 0.15) is 0 Å². The number of amides is 1. The average molecular weight is 318 g/mol. The standard InChI is InChI=1S/C17H27N5O/c1-14-5-2-3-6-15(14)20-16(23)13-21-9-11-22(12-10-21)17-18-7-4-8-19-17/h4,7-8,14-15H,2-3,5-6,9-13H2,1H3,(H,20,23)/p+1/t14-,15-/m1/s1. The summed E-state index contributed by atoms with van der Waals surface area (Å²) in [7, 11) is 0. The fourth-order valence-electron chi connectivity index (χ4n) is 3.67. The number of nitrogens with one attached hydrogen (secondary N) is 2. The molecule has 1 aromatic heterocycles. The number of carbonyl (C=O) groups is 1. The molecule has 1 amide bonds. The Bertz CT molecular complexity index is 501. The summed E-state index contributed by atoms with van der Waals surface area (Å²) < 4.78 is 0. The van der Waals surface area contributed by atoms with Gasteiger partial charge in [-0.05, 0) is 24.8 Å². The SMILES string of the molecule is C[C@@H]1CCCC[C@H]1NC(=O)C[NH+]1CCN(c2ncccn2)CC1. The smallest absolute Gasteiger partial charge is 0.275 e. The van der Waals surface area contributed by atoms with Crippen LogP contribution in [0.3, 0.4) is 0 Å². The maximum absolute atomic E-state index is 12.3. The Morgan fingerprint density at radius 2 is 1.96 bits per heavy atom. The highest BCUT2D eigenvalue weighted by molar-refractivity contribution is 5.77. The lowest BCUT2D eigenvalue weighted by Crippen LogP contribution is -3.16. The van der Waals surface area contributed by atoms with Crippen LogP contribution in [0.15, 0.2) is 18.5 Å². The number of piperazine rings is 1. The highest BCUT2D eigenvalue weighted by atomic mass is 16.2. The summed E-state index contributed by atoms with van der Waals surface area (Å²) in [5.74, 6) is 1.63. The fourth-order valence-corrected chi connectivity index (χ4v) is 3.67. The summed E-state index contributed by atoms with van der Waals surface area (Å²) in [5, 5.41) is 3.26. The van der Waals surface area contributed by atoms with Gasteiger partial charge in [-0.1, -0.05) is 19.8 Å². The van der Waals surface area contributed by atoms with Crippen molar-refractivity contribution in [3.8, 4) is 0 Å². The first-order valence-electron chi connectivity index (χ1n) is 8.87. The van der Waals surface area contributed by atoms with E-state index in [0.717, 1.165) is 38.5 Å². The third-order valence-corrected chi connectivity index (χ3v) is 5.17. The third-order valence-electron chi connectivity index (χ3n) is 5.17. The predicted octanol–water partition coefficient (Wildman–Crippen LogP) is -0.124. The van der Waals surface area contributed by atoms with E-state index in [1.165, 1.54) is 24.2 Å². The minimum absolute atomic E-state index is 0.211. The number of aromatic nitrogens is 2. The van der Waals surface area contributed by atoms with Gasteiger partial charge < -0.3 is 15.1 Å². The van der Waals surface area contributed by atoms with Gasteiger partial charge in [0.2, 0.25) is 5.95 Å². The minimum atomic E-state index is 0.211. The number of hydrogen-bond acceptors (Lipinski definition) is 4. The second-order valence-corrected chi connectivity index (χ2v) is 6.90. The number of anilines is 1. The van der Waals surface area contributed by atoms with Gasteiger partial charge in [-0.15, -0.1) is 0 Å². The molecule has 1 saturated heterocycles. The van der Waals surface area contributed by atoms with E-state index in [9.17, 15) is 4.79 Å². The van der Waals surface area contributed by atoms with Gasteiger partial charge >= 0.3 is 0 Å². The van der Waals surface area contributed by atoms with E-state index in [1.807, 2.05) is 6.07 Å². The molecule has 0 aromatic carbocycles. The number of hydrogen-bond donors (Lipinski definition) is 2. The Hall–Kier alpha value is -1.69. The van der Waals surface area contributed by atoms with Crippen LogP contribution >= 0.6 is 0 Å². The van der Waals surface area contributed by atoms with E-state index < -0.39 is 0 Å². The van der Waals surface area contributed by atoms with Crippen molar-refractivity contribution in [1.82, 2.24) is 15.3 Å². The molecule has 1 saturated carbocycles. The third kappa shape index (κ3) is 4.41. The lowest BCUT2D eigenvalue weighted by molar-refractivity contribution is -0.892. The van der Waals surface area contributed by atoms with Gasteiger partial charge in [0.25, 0.3) is 5.91 Å². The van der Waals surface area contributed by atoms with Crippen molar-refractivity contribution in [3.05, 3.63) is 18.5 Å². The zero-order valence-corrected chi connectivity index (χ0v) is 14.0. The normalized spacial score (nSPS) is 26.0. The highest BCUT2D eigenvalue weighted by Crippen LogP contribution is 2.23. The van der Waals surface area contributed by atoms with Gasteiger partial charge in [0.15, 0.2) is 6.54 Å². The van der Waals surface area contributed by atoms with Crippen LogP contribution in [0.2, 0.25) is 0 Å². The number of quaternary nitrogens is 1. The molecule has 1 aliphatic heterocycles. The van der Waals surface area contributed by atoms with Crippen LogP contribution in [-0.4, -0.2) is 54.6 Å². The first-order valence-corrected chi connectivity index (χ1v) is 8.87. The van der Waals surface area contributed by atoms with Gasteiger partial charge in [0.05, 0.1) is 26.2 Å². The zero-order valence-electron chi connectivity index (χ0n) is 14.0. The highest BCUT2D eigenvalue weighted by Gasteiger charge is 2.26. The van der Waals surface area contributed by atoms with E-state index in [-0.39, 0.29) is 5.91 Å². The summed E-state index contributed by atoms with van der Waals surface area (Å²) in [5.41, 5.74) is 0. The van der Waals surface area contributed by atoms with Crippen LogP contribution in [0.5, 0.6) is 0 Å². The summed E-state index contributed by atoms with van der Waals surface area (Å²) in [6, 6.07) is 2.22. The molecule has 1 aromatic rings. The minimum Gasteiger partial charge on any atom is -0.348 e. The molecular formula is C17H28N5O+. The van der Waals surface area contributed by atoms with E-state index in [2.05, 4.69) is 27.1 Å². The Kier molecular flexibility index (Phi) is 5.43. The summed E-state index contributed by atoms with van der Waals surface area (Å²) in [6.45, 7) is 6.60. The monoisotopic (exact) mass is 318 g/mol. The molecule has 3 rings (SSSR count). The lowest BCUT2D eigenvalue weighted by Gasteiger charge is -2.33. The molecule has 2 heterocycles. The van der Waals surface area contributed by atoms with Gasteiger partial charge in [-0.3, -0.25) is 4.79 Å². The fraction of sp³-hybridized carbons (Fsp3) is 0.706. The Labute approximate surface area is 138 Å². The van der Waals surface area contributed by atoms with Crippen LogP contribution in [0.4, 0.5) is 5.95 Å². The topological polar surface area (TPSA) is 62.6 Å². The molecule has 2 aliphatic rings. The molecule has 0 unspecified atom stereocenters. The van der Waals surface area contributed by atoms with Crippen LogP contribution in [-0.2, 0) is 4.79 Å². The molecule has 126 valence electrons. The van der Waals surface area contributed by atoms with Gasteiger partial charge in [0, 0.05) is 18.4 Å². The predicted molar refractivity (Wildman–Crippen MR) is 89.4 cm³/mol. The molecule has 2 atom stereocenters. The summed E-state index contributed by atoms with van der Waals surface area (Å²) >= 11 is 0. The van der Waals surface area contributed by atoms with E-state index >= 15 is 0 Å². The molecule has 2 fully saturated rings. The van der Waals surface area contributed by atoms with Gasteiger partial charge in [-0.2, -0.15) is 0 Å². The molecule has 0 spiro atoms. The molecule has 23 heavy (non-hydrogen) atoms. The van der Waals surface area contributed by atoms with Crippen LogP contribution in [0.25, 0.3) is 0 Å². The van der Waals surface area contributed by atoms with Crippen LogP contribution in [0.1, 0.15) is 32.6 Å². The quantitative estimate of drug-likeness (QED) is 0.812. The molecule has 0 radical (unpaired) electrons. The first-order chi connectivity index (χ1) is 11.2. The molecule has 6 nitrogen and oxygen atoms in total. The molecule has 0 bridgehead atoms. The van der Waals surface area contributed by atoms with Crippen molar-refractivity contribution < 1.29 is 9.69 Å². The summed E-state index contributed by atoms with van der Waals surface area (Å²) in [6.07, 6.45) is 8.50. The zero-order chi connectivity index (χ0) is 16.1. The number of carbonyl (C=O) groups excluding carboxylic acids is 1. The van der Waals surface area contributed by atoms with Crippen molar-refractivity contribution in [3.63, 3.8) is 0 Å². The second kappa shape index (κ2) is 7.73. The van der Waals surface area contributed by atoms with Gasteiger partial charge in [-0.25, -0.2) is 9.97 Å². The van der Waals surface area contributed by atoms with Crippen molar-refractivity contribution in [2.45, 2.75) is 38.6 Å². The Morgan fingerprint density at radius 3 is 2.65 bits per heavy atom. The first kappa shape index (κ1) is 16.2. The van der Waals surface area contributed by atoms with Crippen LogP contribution < -0.4 is 15.1 Å². The number of rotatable bonds is 4. The van der Waals surface area contributed by atoms with E-state index in [1.54, 1.807) is 12.4 Å². The molecule has 6 heteroatoms. The number of nitrogens with zero attached hydrogens (tertiary/aromatic N) is 3. The van der Waals surface area contributed by atoms with E-state index in [4.69, 9.17) is 0 Å². The molecule has 2 N–H and O–H groups in total. The van der Waals surface area contributed by atoms with Crippen molar-refractivity contribution >= 4 is 11.9 Å². The average Bonchev–Trinajstić information content (AvgIpc) is 2.58. The van der Waals surface area contributed by atoms with Crippen molar-refractivity contribution in [2.24, 2.45) is 5.92 Å². The molecule has 1 aliphatic carbocycles. The van der Waals surface area contributed by atoms with E-state index in [0.29, 0.717) is 18.5 Å². The van der Waals surface area contributed by atoms with Crippen LogP contribution in [0, 0.1) is 5.92 Å². The van der Waals surface area contributed by atoms with Crippen molar-refractivity contribution in [1.29, 1.82) is 0 Å². The van der Waals surface area contributed by atoms with Crippen molar-refractivity contribution in [2.75, 3.05) is 37.6 Å². The Morgan fingerprint density at radius 1 is 1.26 bits per heavy atom. The molecular weight excluding hydrogens is 290 g/mol. The lowest BCUT2D eigenvalue weighted by atomic mass is 9.86. The summed E-state index contributed by atoms with van der Waals surface area (Å²) in [4.78, 5) is 24.5. The maximum Gasteiger partial charge on any atom is 0.275 e. The second-order valence-electron chi connectivity index (χ2n) is 6.90. The maximum atomic E-state index is 12.3. The Balaban J connectivity index is 1.42. The largest absolute Gasteiger partial charge is 0.348 e.